The van der Waals surface area contributed by atoms with Gasteiger partial charge in [0.05, 0.1) is 5.69 Å². The normalized spacial score (nSPS) is 10.4. The zero-order chi connectivity index (χ0) is 20.6. The molecule has 0 unspecified atom stereocenters. The summed E-state index contributed by atoms with van der Waals surface area (Å²) >= 11 is 0. The maximum Gasteiger partial charge on any atom is 0.321 e. The Labute approximate surface area is 166 Å². The predicted molar refractivity (Wildman–Crippen MR) is 104 cm³/mol. The van der Waals surface area contributed by atoms with Crippen molar-refractivity contribution >= 4 is 17.6 Å². The highest BCUT2D eigenvalue weighted by molar-refractivity contribution is 5.89. The van der Waals surface area contributed by atoms with Gasteiger partial charge in [-0.25, -0.2) is 9.18 Å². The molecule has 0 aliphatic heterocycles. The average molecular weight is 397 g/mol. The summed E-state index contributed by atoms with van der Waals surface area (Å²) in [5.41, 5.74) is 1.05. The van der Waals surface area contributed by atoms with Crippen molar-refractivity contribution in [2.45, 2.75) is 13.0 Å². The Bertz CT molecular complexity index is 977. The molecule has 2 N–H and O–H groups in total. The number of halogens is 1. The number of benzene rings is 2. The number of urea groups is 1. The van der Waals surface area contributed by atoms with Gasteiger partial charge in [-0.15, -0.1) is 0 Å². The number of hydrogen-bond donors (Lipinski definition) is 2. The van der Waals surface area contributed by atoms with Gasteiger partial charge in [0.15, 0.2) is 5.82 Å². The summed E-state index contributed by atoms with van der Waals surface area (Å²) in [6.07, 6.45) is 0.274. The van der Waals surface area contributed by atoms with Gasteiger partial charge in [-0.3, -0.25) is 4.79 Å². The van der Waals surface area contributed by atoms with Crippen LogP contribution in [0.3, 0.4) is 0 Å². The van der Waals surface area contributed by atoms with E-state index in [9.17, 15) is 14.0 Å². The SMILES string of the molecule is CN(CCc1noc(C(=O)NCc2ccccc2)n1)C(=O)Nc1ccccc1F. The molecule has 2 aromatic carbocycles. The average Bonchev–Trinajstić information content (AvgIpc) is 3.22. The predicted octanol–water partition coefficient (Wildman–Crippen LogP) is 2.85. The molecule has 0 bridgehead atoms. The van der Waals surface area contributed by atoms with Gasteiger partial charge < -0.3 is 20.1 Å². The minimum atomic E-state index is -0.515. The number of amides is 3. The Morgan fingerprint density at radius 2 is 1.83 bits per heavy atom. The van der Waals surface area contributed by atoms with Gasteiger partial charge in [0.2, 0.25) is 0 Å². The van der Waals surface area contributed by atoms with E-state index < -0.39 is 17.8 Å². The second-order valence-electron chi connectivity index (χ2n) is 6.27. The number of rotatable bonds is 7. The Kier molecular flexibility index (Phi) is 6.51. The van der Waals surface area contributed by atoms with Crippen molar-refractivity contribution in [2.75, 3.05) is 18.9 Å². The molecule has 0 spiro atoms. The third-order valence-electron chi connectivity index (χ3n) is 4.09. The molecule has 0 radical (unpaired) electrons. The van der Waals surface area contributed by atoms with Gasteiger partial charge in [0.25, 0.3) is 0 Å². The van der Waals surface area contributed by atoms with Crippen molar-refractivity contribution in [1.29, 1.82) is 0 Å². The fourth-order valence-corrected chi connectivity index (χ4v) is 2.44. The van der Waals surface area contributed by atoms with Crippen LogP contribution in [0, 0.1) is 5.82 Å². The first-order valence-electron chi connectivity index (χ1n) is 8.94. The van der Waals surface area contributed by atoms with E-state index in [4.69, 9.17) is 4.52 Å². The highest BCUT2D eigenvalue weighted by Gasteiger charge is 2.16. The quantitative estimate of drug-likeness (QED) is 0.639. The number of para-hydroxylation sites is 1. The molecule has 0 aliphatic rings. The van der Waals surface area contributed by atoms with Crippen molar-refractivity contribution < 1.29 is 18.5 Å². The van der Waals surface area contributed by atoms with Gasteiger partial charge in [-0.05, 0) is 17.7 Å². The number of carbonyl (C=O) groups is 2. The van der Waals surface area contributed by atoms with Crippen LogP contribution in [0.4, 0.5) is 14.9 Å². The third kappa shape index (κ3) is 5.61. The second kappa shape index (κ2) is 9.45. The van der Waals surface area contributed by atoms with E-state index in [1.165, 1.54) is 17.0 Å². The topological polar surface area (TPSA) is 100 Å². The van der Waals surface area contributed by atoms with Crippen LogP contribution in [0.1, 0.15) is 22.1 Å². The van der Waals surface area contributed by atoms with Gasteiger partial charge in [-0.1, -0.05) is 47.6 Å². The zero-order valence-electron chi connectivity index (χ0n) is 15.8. The van der Waals surface area contributed by atoms with E-state index in [-0.39, 0.29) is 24.5 Å². The lowest BCUT2D eigenvalue weighted by Gasteiger charge is -2.17. The summed E-state index contributed by atoms with van der Waals surface area (Å²) in [5, 5.41) is 8.94. The molecule has 1 aromatic heterocycles. The van der Waals surface area contributed by atoms with Crippen molar-refractivity contribution in [3.63, 3.8) is 0 Å². The van der Waals surface area contributed by atoms with E-state index in [0.29, 0.717) is 12.4 Å². The maximum absolute atomic E-state index is 13.6. The minimum absolute atomic E-state index is 0.0984. The van der Waals surface area contributed by atoms with Gasteiger partial charge in [-0.2, -0.15) is 4.98 Å². The van der Waals surface area contributed by atoms with Gasteiger partial charge in [0, 0.05) is 26.6 Å². The summed E-state index contributed by atoms with van der Waals surface area (Å²) in [6.45, 7) is 0.598. The zero-order valence-corrected chi connectivity index (χ0v) is 15.8. The van der Waals surface area contributed by atoms with E-state index in [2.05, 4.69) is 20.8 Å². The summed E-state index contributed by atoms with van der Waals surface area (Å²) in [7, 11) is 1.56. The van der Waals surface area contributed by atoms with E-state index in [1.54, 1.807) is 19.2 Å². The molecule has 0 fully saturated rings. The maximum atomic E-state index is 13.6. The summed E-state index contributed by atoms with van der Waals surface area (Å²) < 4.78 is 18.6. The molecule has 3 amide bonds. The summed E-state index contributed by atoms with van der Waals surface area (Å²) in [5.74, 6) is -0.841. The minimum Gasteiger partial charge on any atom is -0.344 e. The van der Waals surface area contributed by atoms with Crippen LogP contribution in [0.25, 0.3) is 0 Å². The third-order valence-corrected chi connectivity index (χ3v) is 4.09. The number of hydrogen-bond acceptors (Lipinski definition) is 5. The first-order valence-corrected chi connectivity index (χ1v) is 8.94. The molecule has 0 atom stereocenters. The van der Waals surface area contributed by atoms with Gasteiger partial charge in [0.1, 0.15) is 5.82 Å². The van der Waals surface area contributed by atoms with Crippen LogP contribution < -0.4 is 10.6 Å². The summed E-state index contributed by atoms with van der Waals surface area (Å²) in [6, 6.07) is 14.9. The fourth-order valence-electron chi connectivity index (χ4n) is 2.44. The number of aromatic nitrogens is 2. The van der Waals surface area contributed by atoms with Crippen LogP contribution in [0.5, 0.6) is 0 Å². The Balaban J connectivity index is 1.47. The molecular formula is C20H20FN5O3. The highest BCUT2D eigenvalue weighted by atomic mass is 19.1. The Hall–Kier alpha value is -3.75. The number of carbonyl (C=O) groups excluding carboxylic acids is 2. The number of nitrogens with one attached hydrogen (secondary N) is 2. The largest absolute Gasteiger partial charge is 0.344 e. The molecule has 150 valence electrons. The number of nitrogens with zero attached hydrogens (tertiary/aromatic N) is 3. The molecule has 29 heavy (non-hydrogen) atoms. The van der Waals surface area contributed by atoms with E-state index in [1.807, 2.05) is 30.3 Å². The lowest BCUT2D eigenvalue weighted by atomic mass is 10.2. The highest BCUT2D eigenvalue weighted by Crippen LogP contribution is 2.13. The molecule has 8 nitrogen and oxygen atoms in total. The molecule has 3 rings (SSSR count). The number of anilines is 1. The van der Waals surface area contributed by atoms with Crippen LogP contribution in [0.2, 0.25) is 0 Å². The first-order chi connectivity index (χ1) is 14.0. The van der Waals surface area contributed by atoms with Crippen molar-refractivity contribution in [3.8, 4) is 0 Å². The molecule has 0 saturated carbocycles. The molecule has 1 heterocycles. The van der Waals surface area contributed by atoms with Crippen molar-refractivity contribution in [3.05, 3.63) is 77.7 Å². The smallest absolute Gasteiger partial charge is 0.321 e. The van der Waals surface area contributed by atoms with Crippen LogP contribution in [0.15, 0.2) is 59.1 Å². The number of likely N-dealkylation sites (N-methyl/N-ethyl adjacent to an activating group) is 1. The van der Waals surface area contributed by atoms with Crippen LogP contribution in [-0.4, -0.2) is 40.6 Å². The molecule has 3 aromatic rings. The molecular weight excluding hydrogens is 377 g/mol. The Morgan fingerprint density at radius 1 is 1.10 bits per heavy atom. The van der Waals surface area contributed by atoms with E-state index >= 15 is 0 Å². The lowest BCUT2D eigenvalue weighted by molar-refractivity contribution is 0.0907. The monoisotopic (exact) mass is 397 g/mol. The van der Waals surface area contributed by atoms with Crippen LogP contribution >= 0.6 is 0 Å². The summed E-state index contributed by atoms with van der Waals surface area (Å²) in [4.78, 5) is 29.6. The van der Waals surface area contributed by atoms with Gasteiger partial charge >= 0.3 is 17.8 Å². The Morgan fingerprint density at radius 3 is 2.59 bits per heavy atom. The fraction of sp³-hybridized carbons (Fsp3) is 0.200. The van der Waals surface area contributed by atoms with E-state index in [0.717, 1.165) is 5.56 Å². The first kappa shape index (κ1) is 20.0. The molecule has 9 heteroatoms. The van der Waals surface area contributed by atoms with Crippen LogP contribution in [-0.2, 0) is 13.0 Å². The second-order valence-corrected chi connectivity index (χ2v) is 6.27. The molecule has 0 saturated heterocycles. The van der Waals surface area contributed by atoms with Crippen molar-refractivity contribution in [1.82, 2.24) is 20.4 Å². The van der Waals surface area contributed by atoms with Crippen molar-refractivity contribution in [2.24, 2.45) is 0 Å². The lowest BCUT2D eigenvalue weighted by Crippen LogP contribution is -2.33. The molecule has 0 aliphatic carbocycles. The standard InChI is InChI=1S/C20H20FN5O3/c1-26(20(28)23-16-10-6-5-9-15(16)21)12-11-17-24-19(29-25-17)18(27)22-13-14-7-3-2-4-8-14/h2-10H,11-13H2,1H3,(H,22,27)(H,23,28).